The normalized spacial score (nSPS) is 17.6. The van der Waals surface area contributed by atoms with E-state index < -0.39 is 0 Å². The highest BCUT2D eigenvalue weighted by Gasteiger charge is 2.26. The van der Waals surface area contributed by atoms with Crippen LogP contribution in [-0.4, -0.2) is 30.5 Å². The van der Waals surface area contributed by atoms with Crippen molar-refractivity contribution in [3.05, 3.63) is 70.2 Å². The lowest BCUT2D eigenvalue weighted by atomic mass is 10.1. The van der Waals surface area contributed by atoms with Crippen LogP contribution >= 0.6 is 11.6 Å². The molecule has 1 amide bonds. The Balaban J connectivity index is 1.78. The predicted octanol–water partition coefficient (Wildman–Crippen LogP) is 3.43. The summed E-state index contributed by atoms with van der Waals surface area (Å²) in [6.07, 6.45) is -0.189. The molecule has 0 radical (unpaired) electrons. The number of benzene rings is 2. The lowest BCUT2D eigenvalue weighted by Gasteiger charge is -2.33. The highest BCUT2D eigenvalue weighted by molar-refractivity contribution is 6.30. The van der Waals surface area contributed by atoms with Gasteiger partial charge in [0.1, 0.15) is 6.10 Å². The van der Waals surface area contributed by atoms with Crippen LogP contribution in [0.4, 0.5) is 0 Å². The molecule has 1 aliphatic heterocycles. The molecule has 1 fully saturated rings. The van der Waals surface area contributed by atoms with Crippen molar-refractivity contribution in [2.24, 2.45) is 0 Å². The number of carbonyl (C=O) groups is 1. The number of hydrogen-bond donors (Lipinski definition) is 0. The number of nitriles is 1. The standard InChI is InChI=1S/C18H15ClN2O2/c19-16-6-2-4-14(10-16)17-12-21(7-8-23-17)18(22)15-5-1-3-13(9-15)11-20/h1-6,9-10,17H,7-8,12H2. The van der Waals surface area contributed by atoms with E-state index in [1.807, 2.05) is 24.3 Å². The summed E-state index contributed by atoms with van der Waals surface area (Å²) >= 11 is 6.03. The minimum Gasteiger partial charge on any atom is -0.370 e. The van der Waals surface area contributed by atoms with Crippen LogP contribution in [0.25, 0.3) is 0 Å². The number of rotatable bonds is 2. The second kappa shape index (κ2) is 6.82. The molecule has 4 nitrogen and oxygen atoms in total. The van der Waals surface area contributed by atoms with Gasteiger partial charge in [-0.3, -0.25) is 4.79 Å². The number of amides is 1. The van der Waals surface area contributed by atoms with Gasteiger partial charge >= 0.3 is 0 Å². The van der Waals surface area contributed by atoms with Crippen LogP contribution in [-0.2, 0) is 4.74 Å². The maximum atomic E-state index is 12.6. The van der Waals surface area contributed by atoms with Crippen LogP contribution < -0.4 is 0 Å². The summed E-state index contributed by atoms with van der Waals surface area (Å²) in [5.74, 6) is -0.0857. The zero-order chi connectivity index (χ0) is 16.2. The van der Waals surface area contributed by atoms with Gasteiger partial charge in [-0.15, -0.1) is 0 Å². The third-order valence-corrected chi connectivity index (χ3v) is 4.05. The van der Waals surface area contributed by atoms with Crippen LogP contribution in [0.5, 0.6) is 0 Å². The first-order chi connectivity index (χ1) is 11.2. The minimum atomic E-state index is -0.189. The predicted molar refractivity (Wildman–Crippen MR) is 87.2 cm³/mol. The van der Waals surface area contributed by atoms with E-state index in [4.69, 9.17) is 21.6 Å². The molecule has 0 bridgehead atoms. The smallest absolute Gasteiger partial charge is 0.254 e. The Morgan fingerprint density at radius 2 is 2.09 bits per heavy atom. The molecule has 1 saturated heterocycles. The zero-order valence-electron chi connectivity index (χ0n) is 12.4. The first-order valence-electron chi connectivity index (χ1n) is 7.34. The second-order valence-electron chi connectivity index (χ2n) is 5.36. The van der Waals surface area contributed by atoms with Gasteiger partial charge in [0.05, 0.1) is 24.8 Å². The molecule has 1 heterocycles. The molecule has 5 heteroatoms. The quantitative estimate of drug-likeness (QED) is 0.849. The third-order valence-electron chi connectivity index (χ3n) is 3.81. The molecule has 116 valence electrons. The molecule has 0 N–H and O–H groups in total. The van der Waals surface area contributed by atoms with Crippen molar-refractivity contribution in [3.63, 3.8) is 0 Å². The average molecular weight is 327 g/mol. The molecule has 1 atom stereocenters. The van der Waals surface area contributed by atoms with E-state index >= 15 is 0 Å². The molecular formula is C18H15ClN2O2. The number of ether oxygens (including phenoxy) is 1. The molecule has 1 unspecified atom stereocenters. The fourth-order valence-corrected chi connectivity index (χ4v) is 2.85. The van der Waals surface area contributed by atoms with Crippen LogP contribution in [0.1, 0.15) is 27.6 Å². The van der Waals surface area contributed by atoms with E-state index in [-0.39, 0.29) is 12.0 Å². The van der Waals surface area contributed by atoms with Crippen LogP contribution in [0.2, 0.25) is 5.02 Å². The van der Waals surface area contributed by atoms with Crippen molar-refractivity contribution < 1.29 is 9.53 Å². The summed E-state index contributed by atoms with van der Waals surface area (Å²) in [6.45, 7) is 1.48. The van der Waals surface area contributed by atoms with Crippen molar-refractivity contribution in [1.29, 1.82) is 5.26 Å². The molecule has 0 saturated carbocycles. The molecular weight excluding hydrogens is 312 g/mol. The zero-order valence-corrected chi connectivity index (χ0v) is 13.2. The lowest BCUT2D eigenvalue weighted by Crippen LogP contribution is -2.42. The molecule has 23 heavy (non-hydrogen) atoms. The Hall–Kier alpha value is -2.35. The summed E-state index contributed by atoms with van der Waals surface area (Å²) in [4.78, 5) is 14.4. The lowest BCUT2D eigenvalue weighted by molar-refractivity contribution is -0.0228. The maximum absolute atomic E-state index is 12.6. The number of hydrogen-bond acceptors (Lipinski definition) is 3. The van der Waals surface area contributed by atoms with Gasteiger partial charge in [-0.05, 0) is 35.9 Å². The van der Waals surface area contributed by atoms with Gasteiger partial charge < -0.3 is 9.64 Å². The Bertz CT molecular complexity index is 770. The minimum absolute atomic E-state index is 0.0857. The van der Waals surface area contributed by atoms with Gasteiger partial charge in [-0.2, -0.15) is 5.26 Å². The van der Waals surface area contributed by atoms with Crippen molar-refractivity contribution in [3.8, 4) is 6.07 Å². The van der Waals surface area contributed by atoms with Crippen molar-refractivity contribution in [2.75, 3.05) is 19.7 Å². The average Bonchev–Trinajstić information content (AvgIpc) is 2.61. The Kier molecular flexibility index (Phi) is 4.61. The number of morpholine rings is 1. The molecule has 1 aliphatic rings. The molecule has 2 aromatic rings. The molecule has 3 rings (SSSR count). The highest BCUT2D eigenvalue weighted by atomic mass is 35.5. The molecule has 0 spiro atoms. The number of nitrogens with zero attached hydrogens (tertiary/aromatic N) is 2. The summed E-state index contributed by atoms with van der Waals surface area (Å²) in [5, 5.41) is 9.61. The second-order valence-corrected chi connectivity index (χ2v) is 5.79. The summed E-state index contributed by atoms with van der Waals surface area (Å²) in [5.41, 5.74) is 1.96. The summed E-state index contributed by atoms with van der Waals surface area (Å²) in [7, 11) is 0. The van der Waals surface area contributed by atoms with Gasteiger partial charge in [0, 0.05) is 17.1 Å². The third kappa shape index (κ3) is 3.53. The highest BCUT2D eigenvalue weighted by Crippen LogP contribution is 2.25. The molecule has 0 aromatic heterocycles. The first-order valence-corrected chi connectivity index (χ1v) is 7.71. The number of carbonyl (C=O) groups excluding carboxylic acids is 1. The van der Waals surface area contributed by atoms with Crippen molar-refractivity contribution in [2.45, 2.75) is 6.10 Å². The van der Waals surface area contributed by atoms with Crippen LogP contribution in [0.15, 0.2) is 48.5 Å². The summed E-state index contributed by atoms with van der Waals surface area (Å²) < 4.78 is 5.78. The van der Waals surface area contributed by atoms with Gasteiger partial charge in [0.25, 0.3) is 5.91 Å². The Labute approximate surface area is 139 Å². The van der Waals surface area contributed by atoms with Crippen molar-refractivity contribution >= 4 is 17.5 Å². The van der Waals surface area contributed by atoms with Gasteiger partial charge in [-0.25, -0.2) is 0 Å². The molecule has 0 aliphatic carbocycles. The van der Waals surface area contributed by atoms with Gasteiger partial charge in [0.2, 0.25) is 0 Å². The van der Waals surface area contributed by atoms with Crippen LogP contribution in [0, 0.1) is 11.3 Å². The van der Waals surface area contributed by atoms with Gasteiger partial charge in [-0.1, -0.05) is 29.8 Å². The number of halogens is 1. The van der Waals surface area contributed by atoms with E-state index in [1.165, 1.54) is 0 Å². The first kappa shape index (κ1) is 15.5. The van der Waals surface area contributed by atoms with E-state index in [1.54, 1.807) is 29.2 Å². The van der Waals surface area contributed by atoms with Crippen LogP contribution in [0.3, 0.4) is 0 Å². The molecule has 2 aromatic carbocycles. The SMILES string of the molecule is N#Cc1cccc(C(=O)N2CCOC(c3cccc(Cl)c3)C2)c1. The topological polar surface area (TPSA) is 53.3 Å². The maximum Gasteiger partial charge on any atom is 0.254 e. The van der Waals surface area contributed by atoms with E-state index in [2.05, 4.69) is 6.07 Å². The Morgan fingerprint density at radius 1 is 1.26 bits per heavy atom. The monoisotopic (exact) mass is 326 g/mol. The fraction of sp³-hybridized carbons (Fsp3) is 0.222. The van der Waals surface area contributed by atoms with E-state index in [0.717, 1.165) is 5.56 Å². The van der Waals surface area contributed by atoms with Crippen molar-refractivity contribution in [1.82, 2.24) is 4.90 Å². The summed E-state index contributed by atoms with van der Waals surface area (Å²) in [6, 6.07) is 16.3. The largest absolute Gasteiger partial charge is 0.370 e. The fourth-order valence-electron chi connectivity index (χ4n) is 2.65. The van der Waals surface area contributed by atoms with E-state index in [0.29, 0.717) is 35.8 Å². The van der Waals surface area contributed by atoms with E-state index in [9.17, 15) is 4.79 Å². The van der Waals surface area contributed by atoms with Gasteiger partial charge in [0.15, 0.2) is 0 Å². The Morgan fingerprint density at radius 3 is 2.87 bits per heavy atom.